The van der Waals surface area contributed by atoms with Gasteiger partial charge in [-0.1, -0.05) is 11.3 Å². The molecule has 2 aliphatic rings. The molecule has 2 aromatic heterocycles. The highest BCUT2D eigenvalue weighted by atomic mass is 79.9. The Hall–Kier alpha value is -1.74. The van der Waals surface area contributed by atoms with Crippen molar-refractivity contribution >= 4 is 44.1 Å². The van der Waals surface area contributed by atoms with Crippen LogP contribution in [0.1, 0.15) is 46.8 Å². The molecule has 2 fully saturated rings. The van der Waals surface area contributed by atoms with Gasteiger partial charge >= 0.3 is 0 Å². The van der Waals surface area contributed by atoms with Gasteiger partial charge in [0.2, 0.25) is 17.7 Å². The highest BCUT2D eigenvalue weighted by Crippen LogP contribution is 2.48. The monoisotopic (exact) mass is 426 g/mol. The summed E-state index contributed by atoms with van der Waals surface area (Å²) in [6.07, 6.45) is 3.73. The van der Waals surface area contributed by atoms with E-state index in [4.69, 9.17) is 8.85 Å². The number of aromatic nitrogens is 3. The van der Waals surface area contributed by atoms with Gasteiger partial charge in [0.05, 0.1) is 28.9 Å². The molecule has 9 heteroatoms. The third kappa shape index (κ3) is 2.99. The standard InChI is InChI=1S/C16H18BrN5O2S/c1-16(5-6-18-13(16)23)14-20-10(8-3-4-8)12(25-14)22-15-19-7-9(17)11(21-15)24-2/h7-8H,3-6H2,1-2H3,(H,18,23)(H,19,21,22)/t16-/m0/s1/i1D3. The summed E-state index contributed by atoms with van der Waals surface area (Å²) in [6.45, 7) is -2.16. The number of thiazole rings is 1. The van der Waals surface area contributed by atoms with Crippen molar-refractivity contribution in [2.24, 2.45) is 0 Å². The summed E-state index contributed by atoms with van der Waals surface area (Å²) in [6, 6.07) is 0. The minimum Gasteiger partial charge on any atom is -0.480 e. The van der Waals surface area contributed by atoms with Crippen LogP contribution in [0.2, 0.25) is 0 Å². The van der Waals surface area contributed by atoms with E-state index in [1.807, 2.05) is 0 Å². The van der Waals surface area contributed by atoms with E-state index in [1.165, 1.54) is 18.4 Å². The molecule has 2 aromatic rings. The Balaban J connectivity index is 1.75. The third-order valence-electron chi connectivity index (χ3n) is 4.29. The van der Waals surface area contributed by atoms with Crippen molar-refractivity contribution in [2.45, 2.75) is 37.4 Å². The van der Waals surface area contributed by atoms with Gasteiger partial charge in [-0.15, -0.1) is 0 Å². The number of nitrogens with zero attached hydrogens (tertiary/aromatic N) is 3. The largest absolute Gasteiger partial charge is 0.480 e. The van der Waals surface area contributed by atoms with E-state index >= 15 is 0 Å². The van der Waals surface area contributed by atoms with E-state index in [2.05, 4.69) is 41.5 Å². The molecule has 4 rings (SSSR count). The first kappa shape index (κ1) is 13.5. The quantitative estimate of drug-likeness (QED) is 0.763. The van der Waals surface area contributed by atoms with E-state index in [0.717, 1.165) is 18.5 Å². The predicted octanol–water partition coefficient (Wildman–Crippen LogP) is 3.10. The van der Waals surface area contributed by atoms with Crippen molar-refractivity contribution in [1.82, 2.24) is 20.3 Å². The van der Waals surface area contributed by atoms with Crippen molar-refractivity contribution in [2.75, 3.05) is 19.0 Å². The molecular formula is C16H18BrN5O2S. The van der Waals surface area contributed by atoms with Crippen LogP contribution in [0.4, 0.5) is 10.9 Å². The Kier molecular flexibility index (Phi) is 3.34. The molecule has 0 aromatic carbocycles. The molecule has 0 radical (unpaired) electrons. The van der Waals surface area contributed by atoms with Crippen molar-refractivity contribution in [1.29, 1.82) is 0 Å². The molecule has 2 N–H and O–H groups in total. The number of hydrogen-bond donors (Lipinski definition) is 2. The number of hydrogen-bond acceptors (Lipinski definition) is 7. The Morgan fingerprint density at radius 2 is 2.36 bits per heavy atom. The second-order valence-corrected chi connectivity index (χ2v) is 7.95. The van der Waals surface area contributed by atoms with E-state index in [9.17, 15) is 4.79 Å². The topological polar surface area (TPSA) is 89.0 Å². The summed E-state index contributed by atoms with van der Waals surface area (Å²) in [5.74, 6) is 0.458. The van der Waals surface area contributed by atoms with Gasteiger partial charge in [0.15, 0.2) is 0 Å². The average Bonchev–Trinajstić information content (AvgIpc) is 3.27. The van der Waals surface area contributed by atoms with Gasteiger partial charge in [-0.2, -0.15) is 4.98 Å². The van der Waals surface area contributed by atoms with E-state index in [-0.39, 0.29) is 12.3 Å². The molecule has 1 aliphatic carbocycles. The molecular weight excluding hydrogens is 406 g/mol. The minimum absolute atomic E-state index is 0.196. The summed E-state index contributed by atoms with van der Waals surface area (Å²) in [4.78, 5) is 25.7. The second-order valence-electron chi connectivity index (χ2n) is 6.09. The molecule has 1 amide bonds. The lowest BCUT2D eigenvalue weighted by Gasteiger charge is -2.16. The fourth-order valence-corrected chi connectivity index (χ4v) is 4.24. The first-order valence-electron chi connectivity index (χ1n) is 9.39. The zero-order valence-corrected chi connectivity index (χ0v) is 15.8. The molecule has 0 unspecified atom stereocenters. The molecule has 1 saturated heterocycles. The molecule has 1 saturated carbocycles. The summed E-state index contributed by atoms with van der Waals surface area (Å²) in [5.41, 5.74) is -0.840. The lowest BCUT2D eigenvalue weighted by atomic mass is 9.90. The minimum atomic E-state index is -2.49. The average molecular weight is 427 g/mol. The number of ether oxygens (including phenoxy) is 1. The summed E-state index contributed by atoms with van der Waals surface area (Å²) in [5, 5.41) is 6.79. The maximum Gasteiger partial charge on any atom is 0.232 e. The number of rotatable bonds is 5. The number of carbonyl (C=O) groups excluding carboxylic acids is 1. The summed E-state index contributed by atoms with van der Waals surface area (Å²) >= 11 is 4.50. The SMILES string of the molecule is [2H]C([2H])([2H])[C@]1(c2nc(C3CC3)c(Nc3ncc(Br)c(OC)n3)s2)CCNC1=O. The van der Waals surface area contributed by atoms with Crippen LogP contribution in [0.5, 0.6) is 5.88 Å². The summed E-state index contributed by atoms with van der Waals surface area (Å²) < 4.78 is 29.9. The van der Waals surface area contributed by atoms with Crippen LogP contribution in [-0.2, 0) is 10.2 Å². The zero-order valence-electron chi connectivity index (χ0n) is 16.4. The van der Waals surface area contributed by atoms with E-state index in [1.54, 1.807) is 6.20 Å². The van der Waals surface area contributed by atoms with Gasteiger partial charge in [0, 0.05) is 16.6 Å². The van der Waals surface area contributed by atoms with Crippen molar-refractivity contribution in [3.8, 4) is 5.88 Å². The van der Waals surface area contributed by atoms with Crippen LogP contribution in [0.3, 0.4) is 0 Å². The predicted molar refractivity (Wildman–Crippen MR) is 98.6 cm³/mol. The molecule has 7 nitrogen and oxygen atoms in total. The van der Waals surface area contributed by atoms with Crippen LogP contribution in [0, 0.1) is 0 Å². The van der Waals surface area contributed by atoms with Gasteiger partial charge in [0.1, 0.15) is 10.0 Å². The number of carbonyl (C=O) groups is 1. The Bertz CT molecular complexity index is 933. The van der Waals surface area contributed by atoms with E-state index < -0.39 is 18.2 Å². The molecule has 25 heavy (non-hydrogen) atoms. The first-order valence-corrected chi connectivity index (χ1v) is 9.50. The molecule has 1 aliphatic heterocycles. The Morgan fingerprint density at radius 1 is 1.52 bits per heavy atom. The fourth-order valence-electron chi connectivity index (χ4n) is 2.73. The zero-order chi connectivity index (χ0) is 20.1. The van der Waals surface area contributed by atoms with Crippen LogP contribution >= 0.6 is 27.3 Å². The Morgan fingerprint density at radius 3 is 3.00 bits per heavy atom. The fraction of sp³-hybridized carbons (Fsp3) is 0.500. The lowest BCUT2D eigenvalue weighted by molar-refractivity contribution is -0.123. The van der Waals surface area contributed by atoms with Gasteiger partial charge in [-0.3, -0.25) is 4.79 Å². The number of amides is 1. The van der Waals surface area contributed by atoms with Crippen LogP contribution < -0.4 is 15.4 Å². The maximum absolute atomic E-state index is 12.6. The molecule has 0 spiro atoms. The highest BCUT2D eigenvalue weighted by Gasteiger charge is 2.43. The van der Waals surface area contributed by atoms with Crippen LogP contribution in [0.15, 0.2) is 10.7 Å². The van der Waals surface area contributed by atoms with Crippen molar-refractivity contribution in [3.05, 3.63) is 21.4 Å². The van der Waals surface area contributed by atoms with Crippen LogP contribution in [-0.4, -0.2) is 34.5 Å². The third-order valence-corrected chi connectivity index (χ3v) is 5.98. The van der Waals surface area contributed by atoms with Crippen molar-refractivity contribution < 1.29 is 13.6 Å². The van der Waals surface area contributed by atoms with Crippen LogP contribution in [0.25, 0.3) is 0 Å². The smallest absolute Gasteiger partial charge is 0.232 e. The van der Waals surface area contributed by atoms with Gasteiger partial charge in [0.25, 0.3) is 0 Å². The Labute approximate surface area is 162 Å². The maximum atomic E-state index is 12.6. The van der Waals surface area contributed by atoms with Crippen molar-refractivity contribution in [3.63, 3.8) is 0 Å². The number of halogens is 1. The molecule has 132 valence electrons. The lowest BCUT2D eigenvalue weighted by Crippen LogP contribution is -2.32. The number of nitrogens with one attached hydrogen (secondary N) is 2. The molecule has 1 atom stereocenters. The second kappa shape index (κ2) is 6.21. The highest BCUT2D eigenvalue weighted by molar-refractivity contribution is 9.10. The number of anilines is 2. The van der Waals surface area contributed by atoms with Gasteiger partial charge < -0.3 is 15.4 Å². The first-order chi connectivity index (χ1) is 13.3. The summed E-state index contributed by atoms with van der Waals surface area (Å²) in [7, 11) is 1.51. The van der Waals surface area contributed by atoms with Gasteiger partial charge in [-0.25, -0.2) is 9.97 Å². The van der Waals surface area contributed by atoms with E-state index in [0.29, 0.717) is 32.9 Å². The number of methoxy groups -OCH3 is 1. The molecule has 3 heterocycles. The molecule has 0 bridgehead atoms. The van der Waals surface area contributed by atoms with Gasteiger partial charge in [-0.05, 0) is 42.0 Å². The normalized spacial score (nSPS) is 25.0.